The van der Waals surface area contributed by atoms with E-state index >= 15 is 0 Å². The Morgan fingerprint density at radius 2 is 1.67 bits per heavy atom. The molecule has 6 fully saturated rings. The summed E-state index contributed by atoms with van der Waals surface area (Å²) >= 11 is 0. The van der Waals surface area contributed by atoms with Crippen LogP contribution in [0.3, 0.4) is 0 Å². The van der Waals surface area contributed by atoms with E-state index in [1.54, 1.807) is 12.1 Å². The maximum Gasteiger partial charge on any atom is 0.202 e. The van der Waals surface area contributed by atoms with Crippen LogP contribution in [0.4, 0.5) is 0 Å². The molecule has 6 saturated carbocycles. The van der Waals surface area contributed by atoms with Crippen LogP contribution in [0.15, 0.2) is 46.2 Å². The lowest BCUT2D eigenvalue weighted by Crippen LogP contribution is -2.37. The molecule has 1 aromatic carbocycles. The lowest BCUT2D eigenvalue weighted by Gasteiger charge is -2.39. The van der Waals surface area contributed by atoms with Crippen LogP contribution in [-0.2, 0) is 9.84 Å². The van der Waals surface area contributed by atoms with E-state index in [1.165, 1.54) is 6.42 Å². The number of hydrogen-bond donors (Lipinski definition) is 0. The molecule has 0 saturated heterocycles. The van der Waals surface area contributed by atoms with Gasteiger partial charge in [0.15, 0.2) is 0 Å². The molecule has 0 amide bonds. The predicted octanol–water partition coefficient (Wildman–Crippen LogP) is 2.88. The molecule has 106 valence electrons. The van der Waals surface area contributed by atoms with Gasteiger partial charge >= 0.3 is 0 Å². The van der Waals surface area contributed by atoms with Crippen molar-refractivity contribution in [3.05, 3.63) is 41.3 Å². The zero-order valence-electron chi connectivity index (χ0n) is 11.6. The van der Waals surface area contributed by atoms with Crippen molar-refractivity contribution in [2.24, 2.45) is 46.3 Å². The van der Waals surface area contributed by atoms with Crippen LogP contribution in [0.2, 0.25) is 0 Å². The van der Waals surface area contributed by atoms with Crippen molar-refractivity contribution >= 4 is 9.84 Å². The molecular formula is C18H16O2S. The molecule has 0 aliphatic heterocycles. The average molecular weight is 296 g/mol. The van der Waals surface area contributed by atoms with Gasteiger partial charge in [0, 0.05) is 10.8 Å². The fraction of sp³-hybridized carbons (Fsp3) is 0.556. The van der Waals surface area contributed by atoms with Crippen molar-refractivity contribution in [3.8, 4) is 0 Å². The highest BCUT2D eigenvalue weighted by Gasteiger charge is 3.08. The first-order valence-corrected chi connectivity index (χ1v) is 9.66. The van der Waals surface area contributed by atoms with Crippen LogP contribution >= 0.6 is 0 Å². The maximum atomic E-state index is 13.0. The Morgan fingerprint density at radius 1 is 0.952 bits per heavy atom. The van der Waals surface area contributed by atoms with Crippen LogP contribution in [0.25, 0.3) is 0 Å². The SMILES string of the molecule is O=S(=O)(C1=C[C@H]2C[C@H]1[C@@]13[C@H]4[C@H]5[C@H](C[C@@H]41)[C@]523)c1ccccc1. The van der Waals surface area contributed by atoms with E-state index in [1.807, 2.05) is 18.2 Å². The van der Waals surface area contributed by atoms with Gasteiger partial charge in [-0.3, -0.25) is 0 Å². The number of fused-ring (bicyclic) bond motifs is 2. The first-order chi connectivity index (χ1) is 10.2. The molecule has 0 N–H and O–H groups in total. The minimum atomic E-state index is -3.26. The normalized spacial score (nSPS) is 59.1. The van der Waals surface area contributed by atoms with Crippen molar-refractivity contribution in [2.45, 2.75) is 17.7 Å². The van der Waals surface area contributed by atoms with Gasteiger partial charge in [0.05, 0.1) is 4.90 Å². The number of benzene rings is 1. The Balaban J connectivity index is 1.42. The van der Waals surface area contributed by atoms with Gasteiger partial charge in [0.2, 0.25) is 9.84 Å². The second kappa shape index (κ2) is 2.54. The fourth-order valence-electron chi connectivity index (χ4n) is 8.36. The molecule has 0 unspecified atom stereocenters. The Labute approximate surface area is 124 Å². The van der Waals surface area contributed by atoms with Gasteiger partial charge in [0.25, 0.3) is 0 Å². The lowest BCUT2D eigenvalue weighted by molar-refractivity contribution is 0.119. The summed E-state index contributed by atoms with van der Waals surface area (Å²) in [6, 6.07) is 9.05. The molecule has 0 aromatic heterocycles. The molecule has 0 radical (unpaired) electrons. The van der Waals surface area contributed by atoms with Crippen molar-refractivity contribution in [1.82, 2.24) is 0 Å². The van der Waals surface area contributed by atoms with E-state index in [9.17, 15) is 8.42 Å². The van der Waals surface area contributed by atoms with E-state index in [-0.39, 0.29) is 0 Å². The van der Waals surface area contributed by atoms with Crippen molar-refractivity contribution in [1.29, 1.82) is 0 Å². The minimum absolute atomic E-state index is 0.367. The number of sulfone groups is 1. The highest BCUT2D eigenvalue weighted by atomic mass is 32.2. The minimum Gasteiger partial charge on any atom is -0.219 e. The molecule has 2 nitrogen and oxygen atoms in total. The third-order valence-electron chi connectivity index (χ3n) is 8.38. The molecule has 21 heavy (non-hydrogen) atoms. The summed E-state index contributed by atoms with van der Waals surface area (Å²) in [4.78, 5) is 1.29. The van der Waals surface area contributed by atoms with Gasteiger partial charge < -0.3 is 0 Å². The quantitative estimate of drug-likeness (QED) is 0.841. The van der Waals surface area contributed by atoms with Crippen LogP contribution in [0, 0.1) is 46.3 Å². The number of rotatable bonds is 2. The Hall–Kier alpha value is -1.09. The summed E-state index contributed by atoms with van der Waals surface area (Å²) < 4.78 is 26.1. The van der Waals surface area contributed by atoms with Crippen LogP contribution in [0.5, 0.6) is 0 Å². The van der Waals surface area contributed by atoms with Gasteiger partial charge in [-0.1, -0.05) is 24.3 Å². The van der Waals surface area contributed by atoms with Gasteiger partial charge in [-0.2, -0.15) is 0 Å². The van der Waals surface area contributed by atoms with Crippen molar-refractivity contribution in [2.75, 3.05) is 0 Å². The Morgan fingerprint density at radius 3 is 2.38 bits per heavy atom. The van der Waals surface area contributed by atoms with E-state index in [2.05, 4.69) is 6.08 Å². The fourth-order valence-corrected chi connectivity index (χ4v) is 10.2. The maximum absolute atomic E-state index is 13.0. The predicted molar refractivity (Wildman–Crippen MR) is 76.8 cm³/mol. The van der Waals surface area contributed by atoms with Gasteiger partial charge in [-0.25, -0.2) is 8.42 Å². The van der Waals surface area contributed by atoms with Gasteiger partial charge in [0.1, 0.15) is 0 Å². The Kier molecular flexibility index (Phi) is 1.28. The first-order valence-electron chi connectivity index (χ1n) is 8.18. The largest absolute Gasteiger partial charge is 0.219 e. The smallest absolute Gasteiger partial charge is 0.202 e. The molecule has 4 bridgehead atoms. The summed E-state index contributed by atoms with van der Waals surface area (Å²) in [5, 5.41) is 0. The molecule has 1 aromatic rings. The van der Waals surface area contributed by atoms with Gasteiger partial charge in [-0.05, 0) is 65.4 Å². The third-order valence-corrected chi connectivity index (χ3v) is 10.3. The van der Waals surface area contributed by atoms with Crippen molar-refractivity contribution < 1.29 is 8.42 Å². The molecule has 2 spiro atoms. The first kappa shape index (κ1) is 10.6. The third kappa shape index (κ3) is 0.700. The summed E-state index contributed by atoms with van der Waals surface area (Å²) in [6.45, 7) is 0. The van der Waals surface area contributed by atoms with Crippen LogP contribution in [-0.4, -0.2) is 8.42 Å². The van der Waals surface area contributed by atoms with Crippen molar-refractivity contribution in [3.63, 3.8) is 0 Å². The zero-order valence-corrected chi connectivity index (χ0v) is 12.4. The highest BCUT2D eigenvalue weighted by Crippen LogP contribution is 3.11. The van der Waals surface area contributed by atoms with E-state index in [0.29, 0.717) is 27.6 Å². The van der Waals surface area contributed by atoms with E-state index in [0.717, 1.165) is 35.0 Å². The summed E-state index contributed by atoms with van der Waals surface area (Å²) in [7, 11) is -3.26. The number of hydrogen-bond acceptors (Lipinski definition) is 2. The molecule has 8 rings (SSSR count). The monoisotopic (exact) mass is 296 g/mol. The topological polar surface area (TPSA) is 34.1 Å². The molecule has 3 heteroatoms. The molecular weight excluding hydrogens is 280 g/mol. The lowest BCUT2D eigenvalue weighted by atomic mass is 9.66. The van der Waals surface area contributed by atoms with E-state index < -0.39 is 9.84 Å². The second-order valence-corrected chi connectivity index (χ2v) is 10.1. The summed E-state index contributed by atoms with van der Waals surface area (Å²) in [5.41, 5.74) is 1.08. The van der Waals surface area contributed by atoms with Crippen LogP contribution < -0.4 is 0 Å². The number of allylic oxidation sites excluding steroid dienone is 2. The molecule has 7 aliphatic rings. The Bertz CT molecular complexity index is 858. The molecule has 8 atom stereocenters. The van der Waals surface area contributed by atoms with E-state index in [4.69, 9.17) is 0 Å². The molecule has 7 aliphatic carbocycles. The highest BCUT2D eigenvalue weighted by molar-refractivity contribution is 7.95. The summed E-state index contributed by atoms with van der Waals surface area (Å²) in [6.07, 6.45) is 4.75. The van der Waals surface area contributed by atoms with Crippen LogP contribution in [0.1, 0.15) is 12.8 Å². The molecule has 0 heterocycles. The average Bonchev–Trinajstić information content (AvgIpc) is 2.98. The van der Waals surface area contributed by atoms with Gasteiger partial charge in [-0.15, -0.1) is 0 Å². The summed E-state index contributed by atoms with van der Waals surface area (Å²) in [5.74, 6) is 4.78. The second-order valence-electron chi connectivity index (χ2n) is 8.15. The standard InChI is InChI=1S/C18H16O2S/c19-21(20,10-4-2-1-3-5-10)14-7-9-6-11(14)18-13-8-12-15(16(13)18)17(9,12)18/h1-5,7,9,11-13,15-16H,6,8H2/t9-,11-,12+,13+,15-,16-,17+,18+/m1/s1. The zero-order chi connectivity index (χ0) is 13.8.